The summed E-state index contributed by atoms with van der Waals surface area (Å²) in [6.45, 7) is 9.22. The number of halogens is 1. The molecule has 0 aliphatic rings. The van der Waals surface area contributed by atoms with E-state index in [0.717, 1.165) is 34.8 Å². The Balaban J connectivity index is 1.82. The first-order valence-corrected chi connectivity index (χ1v) is 9.87. The highest BCUT2D eigenvalue weighted by Crippen LogP contribution is 2.35. The highest BCUT2D eigenvalue weighted by molar-refractivity contribution is 5.61. The van der Waals surface area contributed by atoms with Crippen LogP contribution in [-0.2, 0) is 5.41 Å². The van der Waals surface area contributed by atoms with E-state index in [2.05, 4.69) is 34.1 Å². The van der Waals surface area contributed by atoms with Gasteiger partial charge in [-0.25, -0.2) is 14.4 Å². The average Bonchev–Trinajstić information content (AvgIpc) is 2.73. The number of hydrogen-bond acceptors (Lipinski definition) is 5. The van der Waals surface area contributed by atoms with Crippen LogP contribution in [0.25, 0.3) is 11.3 Å². The molecule has 0 saturated heterocycles. The van der Waals surface area contributed by atoms with Crippen molar-refractivity contribution in [3.8, 4) is 17.0 Å². The molecule has 3 rings (SSSR count). The van der Waals surface area contributed by atoms with Gasteiger partial charge < -0.3 is 10.1 Å². The summed E-state index contributed by atoms with van der Waals surface area (Å²) in [4.78, 5) is 13.0. The number of ether oxygens (including phenoxy) is 1. The molecule has 29 heavy (non-hydrogen) atoms. The third kappa shape index (κ3) is 4.88. The summed E-state index contributed by atoms with van der Waals surface area (Å²) in [6.07, 6.45) is 4.21. The molecule has 0 aliphatic carbocycles. The lowest BCUT2D eigenvalue weighted by atomic mass is 9.79. The lowest BCUT2D eigenvalue weighted by Crippen LogP contribution is -2.31. The number of pyridine rings is 1. The van der Waals surface area contributed by atoms with Gasteiger partial charge >= 0.3 is 0 Å². The van der Waals surface area contributed by atoms with Gasteiger partial charge in [0.15, 0.2) is 0 Å². The molecule has 0 fully saturated rings. The highest BCUT2D eigenvalue weighted by atomic mass is 19.1. The molecule has 2 heterocycles. The van der Waals surface area contributed by atoms with Gasteiger partial charge in [0.2, 0.25) is 0 Å². The second-order valence-corrected chi connectivity index (χ2v) is 7.32. The zero-order valence-corrected chi connectivity index (χ0v) is 17.4. The highest BCUT2D eigenvalue weighted by Gasteiger charge is 2.28. The lowest BCUT2D eigenvalue weighted by Gasteiger charge is -2.31. The third-order valence-electron chi connectivity index (χ3n) is 5.21. The second-order valence-electron chi connectivity index (χ2n) is 7.32. The molecular weight excluding hydrogens is 367 g/mol. The molecule has 5 nitrogen and oxygen atoms in total. The molecular formula is C23H27FN4O. The lowest BCUT2D eigenvalue weighted by molar-refractivity contribution is 0.323. The summed E-state index contributed by atoms with van der Waals surface area (Å²) in [5, 5.41) is 3.42. The molecule has 0 spiro atoms. The van der Waals surface area contributed by atoms with Crippen molar-refractivity contribution >= 4 is 5.82 Å². The van der Waals surface area contributed by atoms with Crippen molar-refractivity contribution in [2.75, 3.05) is 18.5 Å². The van der Waals surface area contributed by atoms with E-state index >= 15 is 0 Å². The van der Waals surface area contributed by atoms with Gasteiger partial charge in [-0.2, -0.15) is 0 Å². The van der Waals surface area contributed by atoms with Crippen molar-refractivity contribution in [2.45, 2.75) is 39.5 Å². The molecule has 0 saturated carbocycles. The maximum atomic E-state index is 13.7. The Labute approximate surface area is 171 Å². The van der Waals surface area contributed by atoms with E-state index in [-0.39, 0.29) is 11.2 Å². The average molecular weight is 394 g/mol. The fourth-order valence-electron chi connectivity index (χ4n) is 3.20. The van der Waals surface area contributed by atoms with E-state index < -0.39 is 0 Å². The van der Waals surface area contributed by atoms with Gasteiger partial charge in [0.05, 0.1) is 12.3 Å². The maximum absolute atomic E-state index is 13.7. The molecule has 0 bridgehead atoms. The number of aryl methyl sites for hydroxylation is 1. The number of nitrogens with zero attached hydrogens (tertiary/aromatic N) is 3. The van der Waals surface area contributed by atoms with Crippen LogP contribution in [0.5, 0.6) is 5.75 Å². The normalized spacial score (nSPS) is 13.0. The van der Waals surface area contributed by atoms with Gasteiger partial charge in [-0.15, -0.1) is 0 Å². The van der Waals surface area contributed by atoms with E-state index in [9.17, 15) is 4.39 Å². The van der Waals surface area contributed by atoms with Gasteiger partial charge in [0, 0.05) is 47.1 Å². The Bertz CT molecular complexity index is 961. The fourth-order valence-corrected chi connectivity index (χ4v) is 3.20. The van der Waals surface area contributed by atoms with Crippen LogP contribution in [0.3, 0.4) is 0 Å². The number of anilines is 1. The first-order valence-electron chi connectivity index (χ1n) is 9.87. The minimum atomic E-state index is -0.296. The monoisotopic (exact) mass is 394 g/mol. The van der Waals surface area contributed by atoms with Crippen molar-refractivity contribution in [3.63, 3.8) is 0 Å². The Morgan fingerprint density at radius 2 is 1.90 bits per heavy atom. The molecule has 3 aromatic rings. The molecule has 2 aromatic heterocycles. The molecule has 1 N–H and O–H groups in total. The number of aromatic nitrogens is 3. The zero-order chi connectivity index (χ0) is 20.9. The summed E-state index contributed by atoms with van der Waals surface area (Å²) in [6, 6.07) is 10.6. The van der Waals surface area contributed by atoms with Crippen LogP contribution in [0, 0.1) is 12.7 Å². The van der Waals surface area contributed by atoms with Crippen LogP contribution in [0.1, 0.15) is 38.4 Å². The van der Waals surface area contributed by atoms with Crippen molar-refractivity contribution in [1.82, 2.24) is 15.0 Å². The van der Waals surface area contributed by atoms with Crippen molar-refractivity contribution in [1.29, 1.82) is 0 Å². The molecule has 1 aromatic carbocycles. The summed E-state index contributed by atoms with van der Waals surface area (Å²) >= 11 is 0. The number of rotatable bonds is 8. The van der Waals surface area contributed by atoms with Crippen LogP contribution >= 0.6 is 0 Å². The fraction of sp³-hybridized carbons (Fsp3) is 0.348. The Morgan fingerprint density at radius 3 is 2.59 bits per heavy atom. The van der Waals surface area contributed by atoms with E-state index in [1.165, 1.54) is 12.1 Å². The zero-order valence-electron chi connectivity index (χ0n) is 17.4. The molecule has 0 unspecified atom stereocenters. The first-order chi connectivity index (χ1) is 13.9. The summed E-state index contributed by atoms with van der Waals surface area (Å²) < 4.78 is 19.4. The summed E-state index contributed by atoms with van der Waals surface area (Å²) in [5.41, 5.74) is 3.44. The van der Waals surface area contributed by atoms with Crippen molar-refractivity contribution < 1.29 is 9.13 Å². The molecule has 0 aliphatic heterocycles. The van der Waals surface area contributed by atoms with Gasteiger partial charge in [0.25, 0.3) is 0 Å². The third-order valence-corrected chi connectivity index (χ3v) is 5.21. The van der Waals surface area contributed by atoms with Crippen LogP contribution in [-0.4, -0.2) is 28.1 Å². The van der Waals surface area contributed by atoms with Gasteiger partial charge in [0.1, 0.15) is 23.7 Å². The SMILES string of the molecule is CCOc1cc(F)ccc1[C@](C)(CC)CNc1cc(-c2ccc(C)nc2)ncn1. The van der Waals surface area contributed by atoms with Crippen LogP contribution in [0.4, 0.5) is 10.2 Å². The molecule has 1 atom stereocenters. The maximum Gasteiger partial charge on any atom is 0.129 e. The van der Waals surface area contributed by atoms with Gasteiger partial charge in [-0.1, -0.05) is 19.9 Å². The second kappa shape index (κ2) is 8.99. The number of hydrogen-bond donors (Lipinski definition) is 1. The molecule has 0 radical (unpaired) electrons. The van der Waals surface area contributed by atoms with Gasteiger partial charge in [-0.05, 0) is 38.5 Å². The van der Waals surface area contributed by atoms with E-state index in [1.54, 1.807) is 6.33 Å². The Hall–Kier alpha value is -3.02. The molecule has 152 valence electrons. The van der Waals surface area contributed by atoms with Gasteiger partial charge in [-0.3, -0.25) is 4.98 Å². The number of nitrogens with one attached hydrogen (secondary N) is 1. The Kier molecular flexibility index (Phi) is 6.42. The van der Waals surface area contributed by atoms with Crippen molar-refractivity contribution in [3.05, 3.63) is 66.0 Å². The minimum absolute atomic E-state index is 0.255. The van der Waals surface area contributed by atoms with E-state index in [0.29, 0.717) is 18.9 Å². The Morgan fingerprint density at radius 1 is 1.07 bits per heavy atom. The smallest absolute Gasteiger partial charge is 0.129 e. The van der Waals surface area contributed by atoms with Crippen molar-refractivity contribution in [2.24, 2.45) is 0 Å². The van der Waals surface area contributed by atoms with E-state index in [4.69, 9.17) is 4.74 Å². The molecule has 0 amide bonds. The van der Waals surface area contributed by atoms with Crippen LogP contribution in [0.2, 0.25) is 0 Å². The minimum Gasteiger partial charge on any atom is -0.493 e. The first kappa shape index (κ1) is 20.7. The number of benzene rings is 1. The largest absolute Gasteiger partial charge is 0.493 e. The van der Waals surface area contributed by atoms with Crippen LogP contribution < -0.4 is 10.1 Å². The predicted molar refractivity (Wildman–Crippen MR) is 114 cm³/mol. The summed E-state index contributed by atoms with van der Waals surface area (Å²) in [7, 11) is 0. The quantitative estimate of drug-likeness (QED) is 0.571. The topological polar surface area (TPSA) is 59.9 Å². The molecule has 6 heteroatoms. The summed E-state index contributed by atoms with van der Waals surface area (Å²) in [5.74, 6) is 1.03. The predicted octanol–water partition coefficient (Wildman–Crippen LogP) is 5.16. The standard InChI is InChI=1S/C23H27FN4O/c1-5-23(4,19-10-9-18(24)11-21(19)29-6-2)14-26-22-12-20(27-15-28-22)17-8-7-16(3)25-13-17/h7-13,15H,5-6,14H2,1-4H3,(H,26,27,28)/t23-/m1/s1. The van der Waals surface area contributed by atoms with E-state index in [1.807, 2.05) is 44.3 Å². The van der Waals surface area contributed by atoms with Crippen LogP contribution in [0.15, 0.2) is 48.9 Å².